The number of aryl methyl sites for hydroxylation is 2. The van der Waals surface area contributed by atoms with Crippen molar-refractivity contribution >= 4 is 87.6 Å². The Morgan fingerprint density at radius 1 is 0.473 bits per heavy atom. The number of alkyl halides is 3. The van der Waals surface area contributed by atoms with Gasteiger partial charge in [0.25, 0.3) is 11.1 Å². The van der Waals surface area contributed by atoms with Crippen molar-refractivity contribution in [2.45, 2.75) is 120 Å². The van der Waals surface area contributed by atoms with Crippen molar-refractivity contribution in [3.8, 4) is 0 Å². The monoisotopic (exact) mass is 1370 g/mol. The average Bonchev–Trinajstić information content (AvgIpc) is 1.66. The van der Waals surface area contributed by atoms with E-state index in [4.69, 9.17) is 66.6 Å². The molecule has 0 amide bonds. The zero-order chi connectivity index (χ0) is 63.7. The number of H-pyrrole nitrogens is 2. The van der Waals surface area contributed by atoms with Crippen molar-refractivity contribution in [3.05, 3.63) is 70.3 Å². The molecule has 0 saturated carbocycles. The molecule has 41 nitrogen and oxygen atoms in total. The maximum Gasteiger partial charge on any atom is 0.472 e. The maximum atomic E-state index is 15.9. The molecule has 0 aliphatic carbocycles. The third-order valence-corrected chi connectivity index (χ3v) is 18.7. The summed E-state index contributed by atoms with van der Waals surface area (Å²) >= 11 is 0. The normalized spacial score (nSPS) is 37.3. The van der Waals surface area contributed by atoms with Crippen LogP contribution in [-0.2, 0) is 73.4 Å². The van der Waals surface area contributed by atoms with Crippen molar-refractivity contribution in [1.82, 2.24) is 78.1 Å². The number of aliphatic hydroxyl groups excluding tert-OH is 1. The number of aromatic amines is 2. The first-order chi connectivity index (χ1) is 42.6. The van der Waals surface area contributed by atoms with Gasteiger partial charge in [-0.15, -0.1) is 0 Å². The lowest BCUT2D eigenvalue weighted by atomic mass is 10.1. The quantitative estimate of drug-likeness (QED) is 0.107. The van der Waals surface area contributed by atoms with E-state index in [0.29, 0.717) is 0 Å². The standard InChI is InChI=1S/C21H23F2N9O11P2.C21H24FN9O12P2.CH4/c1-7-29-18-13(19(33)30-7)28-6-32(18)21-15-10(22)8(40-21)2-38-44(34,35)42-14-9(3-39-45(36,37)43-15)41-20(11(14)23)31-5-27-12-16(24)25-4-26-17(12)31;1-7-28-18-12(19(33)29-7)27-6-31(18)21-15-13(32)8(40-21)2-38-44(34,35)42-14-9(3-39-45(36,37)43-15)41-20(10(14)22)30-5-26-11-16(23)24-4-25-17(11)30;/h4-6,8-11,14-15,20-21H,2-3H2,1H3,(H,34,35)(H,36,37)(H2,24,25,26)(H,29,30,33);4-6,8-10,13-15,20-21,32H,2-3H2,1H3,(H,34,35)(H,36,37)(H2,23,24,25)(H,28,29,33);1H4/t8-,9-,10-,11-,14-,15-,20-,21-;8-,9-,10-,13-,14-,15-,20-,21-;/m11./s1. The fraction of sp³-hybridized carbons (Fsp3) is 0.535. The lowest BCUT2D eigenvalue weighted by Crippen LogP contribution is -2.35. The lowest BCUT2D eigenvalue weighted by Gasteiger charge is -2.25. The number of ether oxygens (including phenoxy) is 4. The molecule has 6 aliphatic rings. The molecule has 4 unspecified atom stereocenters. The second kappa shape index (κ2) is 24.1. The minimum absolute atomic E-state index is 0. The largest absolute Gasteiger partial charge is 0.472 e. The zero-order valence-electron chi connectivity index (χ0n) is 45.5. The summed E-state index contributed by atoms with van der Waals surface area (Å²) < 4.78 is 168. The van der Waals surface area contributed by atoms with Gasteiger partial charge in [-0.05, 0) is 13.8 Å². The van der Waals surface area contributed by atoms with Gasteiger partial charge in [0.15, 0.2) is 88.7 Å². The highest BCUT2D eigenvalue weighted by atomic mass is 31.2. The van der Waals surface area contributed by atoms with Gasteiger partial charge in [-0.25, -0.2) is 81.3 Å². The van der Waals surface area contributed by atoms with E-state index in [1.54, 1.807) is 0 Å². The molecule has 91 heavy (non-hydrogen) atoms. The third kappa shape index (κ3) is 12.1. The number of rotatable bonds is 4. The van der Waals surface area contributed by atoms with E-state index in [9.17, 15) is 52.5 Å². The van der Waals surface area contributed by atoms with E-state index in [1.165, 1.54) is 18.4 Å². The van der Waals surface area contributed by atoms with E-state index in [-0.39, 0.29) is 75.4 Å². The highest BCUT2D eigenvalue weighted by Gasteiger charge is 2.57. The first kappa shape index (κ1) is 64.5. The molecular weight excluding hydrogens is 1320 g/mol. The van der Waals surface area contributed by atoms with Gasteiger partial charge >= 0.3 is 31.3 Å². The fourth-order valence-electron chi connectivity index (χ4n) is 10.7. The van der Waals surface area contributed by atoms with Gasteiger partial charge in [-0.2, -0.15) is 0 Å². The van der Waals surface area contributed by atoms with Gasteiger partial charge < -0.3 is 65.1 Å². The van der Waals surface area contributed by atoms with Crippen LogP contribution >= 0.6 is 31.3 Å². The second-order valence-corrected chi connectivity index (χ2v) is 26.2. The van der Waals surface area contributed by atoms with Gasteiger partial charge in [0.05, 0.1) is 51.7 Å². The fourth-order valence-corrected chi connectivity index (χ4v) is 14.4. The van der Waals surface area contributed by atoms with E-state index in [0.717, 1.165) is 51.7 Å². The smallest absolute Gasteiger partial charge is 0.387 e. The van der Waals surface area contributed by atoms with Crippen molar-refractivity contribution in [2.75, 3.05) is 37.9 Å². The number of nitrogen functional groups attached to an aromatic ring is 2. The molecule has 20 atom stereocenters. The average molecular weight is 1370 g/mol. The Hall–Kier alpha value is -6.57. The molecule has 11 N–H and O–H groups in total. The molecule has 6 aliphatic heterocycles. The van der Waals surface area contributed by atoms with Gasteiger partial charge in [-0.1, -0.05) is 7.43 Å². The summed E-state index contributed by atoms with van der Waals surface area (Å²) in [6.07, 6.45) is -21.7. The number of phosphoric acid groups is 4. The number of hydrogen-bond acceptors (Lipinski definition) is 31. The Kier molecular flexibility index (Phi) is 17.1. The van der Waals surface area contributed by atoms with Crippen LogP contribution in [0.25, 0.3) is 44.7 Å². The van der Waals surface area contributed by atoms with Crippen LogP contribution in [0.2, 0.25) is 0 Å². The van der Waals surface area contributed by atoms with E-state index in [2.05, 4.69) is 59.8 Å². The summed E-state index contributed by atoms with van der Waals surface area (Å²) in [5.74, 6) is 0.369. The Morgan fingerprint density at radius 3 is 1.25 bits per heavy atom. The predicted molar refractivity (Wildman–Crippen MR) is 291 cm³/mol. The van der Waals surface area contributed by atoms with Crippen LogP contribution in [0.4, 0.5) is 24.8 Å². The molecule has 0 radical (unpaired) electrons. The molecule has 0 spiro atoms. The molecule has 0 aromatic carbocycles. The third-order valence-electron chi connectivity index (χ3n) is 14.7. The van der Waals surface area contributed by atoms with Crippen LogP contribution in [0.3, 0.4) is 0 Å². The van der Waals surface area contributed by atoms with E-state index >= 15 is 13.2 Å². The molecule has 6 saturated heterocycles. The number of fused-ring (bicyclic) bond motifs is 10. The van der Waals surface area contributed by atoms with Crippen LogP contribution in [0.15, 0.2) is 47.6 Å². The van der Waals surface area contributed by atoms with Crippen LogP contribution < -0.4 is 22.6 Å². The van der Waals surface area contributed by atoms with Crippen LogP contribution in [-0.4, -0.2) is 203 Å². The molecule has 492 valence electrons. The number of halogens is 3. The number of phosphoric ester groups is 4. The summed E-state index contributed by atoms with van der Waals surface area (Å²) in [5.41, 5.74) is 10.4. The highest BCUT2D eigenvalue weighted by molar-refractivity contribution is 7.48. The Balaban J connectivity index is 0.000000174. The molecule has 6 fully saturated rings. The predicted octanol–water partition coefficient (Wildman–Crippen LogP) is 0.337. The molecule has 14 rings (SSSR count). The minimum Gasteiger partial charge on any atom is -0.387 e. The number of nitrogens with one attached hydrogen (secondary N) is 2. The summed E-state index contributed by atoms with van der Waals surface area (Å²) in [6, 6.07) is 0. The van der Waals surface area contributed by atoms with Gasteiger partial charge in [0.1, 0.15) is 90.3 Å². The van der Waals surface area contributed by atoms with E-state index in [1.807, 2.05) is 0 Å². The Bertz CT molecular complexity index is 4160. The first-order valence-electron chi connectivity index (χ1n) is 26.2. The number of imidazole rings is 4. The molecule has 48 heteroatoms. The maximum absolute atomic E-state index is 15.9. The first-order valence-corrected chi connectivity index (χ1v) is 32.2. The molecule has 4 bridgehead atoms. The summed E-state index contributed by atoms with van der Waals surface area (Å²) in [4.78, 5) is 112. The van der Waals surface area contributed by atoms with Gasteiger partial charge in [-0.3, -0.25) is 64.0 Å². The van der Waals surface area contributed by atoms with Crippen LogP contribution in [0.5, 0.6) is 0 Å². The molecule has 8 aromatic rings. The molecule has 14 heterocycles. The minimum atomic E-state index is -5.21. The number of aliphatic hydroxyl groups is 1. The molecular formula is C43H51F3N18O23P4. The summed E-state index contributed by atoms with van der Waals surface area (Å²) in [7, 11) is -20.7. The molecule has 8 aromatic heterocycles. The van der Waals surface area contributed by atoms with Crippen molar-refractivity contribution in [2.24, 2.45) is 0 Å². The number of anilines is 2. The topological polar surface area (TPSA) is 547 Å². The van der Waals surface area contributed by atoms with Gasteiger partial charge in [0, 0.05) is 0 Å². The van der Waals surface area contributed by atoms with Crippen molar-refractivity contribution in [1.29, 1.82) is 0 Å². The number of hydrogen-bond donors (Lipinski definition) is 9. The highest BCUT2D eigenvalue weighted by Crippen LogP contribution is 2.57. The van der Waals surface area contributed by atoms with Crippen molar-refractivity contribution < 1.29 is 111 Å². The summed E-state index contributed by atoms with van der Waals surface area (Å²) in [5, 5.41) is 11.0. The number of nitrogens with two attached hydrogens (primary N) is 2. The van der Waals surface area contributed by atoms with Gasteiger partial charge in [0.2, 0.25) is 0 Å². The Morgan fingerprint density at radius 2 is 0.813 bits per heavy atom. The van der Waals surface area contributed by atoms with Crippen molar-refractivity contribution in [3.63, 3.8) is 0 Å². The van der Waals surface area contributed by atoms with Crippen LogP contribution in [0, 0.1) is 13.8 Å². The van der Waals surface area contributed by atoms with Crippen LogP contribution in [0.1, 0.15) is 44.0 Å². The second-order valence-electron chi connectivity index (χ2n) is 20.5. The zero-order valence-corrected chi connectivity index (χ0v) is 49.0. The number of nitrogens with zero attached hydrogens (tertiary/aromatic N) is 14. The van der Waals surface area contributed by atoms with E-state index < -0.39 is 167 Å². The Labute approximate surface area is 503 Å². The lowest BCUT2D eigenvalue weighted by molar-refractivity contribution is -0.0671. The number of aromatic nitrogens is 16. The SMILES string of the molecule is C.Cc1nc2c(ncn2[C@@H]2O[C@@H]3COP(=O)(O)O[C@H]4[C@@H](F)[C@H](n5cnc6c(N)ncnc65)O[C@@H]4COP(=O)(O)O[C@@H]2[C@@H]3F)c(=O)[nH]1.Cc1nc2c(ncn2[C@@H]2O[C@@H]3COP(=O)(O)O[C@H]4[C@@H](F)[C@H](n5cnc6c(N)ncnc65)O[C@@H]4COP(=O)(O)O[C@@H]2[C@@H]3O)c(=O)[nH]1. The summed E-state index contributed by atoms with van der Waals surface area (Å²) in [6.45, 7) is -0.649.